The monoisotopic (exact) mass is 397 g/mol. The molecule has 0 fully saturated rings. The summed E-state index contributed by atoms with van der Waals surface area (Å²) in [6.07, 6.45) is 0. The zero-order chi connectivity index (χ0) is 19.3. The van der Waals surface area contributed by atoms with Crippen molar-refractivity contribution in [3.63, 3.8) is 0 Å². The van der Waals surface area contributed by atoms with Crippen LogP contribution in [0.25, 0.3) is 0 Å². The van der Waals surface area contributed by atoms with E-state index in [4.69, 9.17) is 0 Å². The Labute approximate surface area is 168 Å². The zero-order valence-electron chi connectivity index (χ0n) is 15.6. The number of carbonyl (C=O) groups excluding carboxylic acids is 1. The molecule has 2 aromatic rings. The van der Waals surface area contributed by atoms with E-state index in [1.165, 1.54) is 11.3 Å². The van der Waals surface area contributed by atoms with Crippen molar-refractivity contribution in [1.29, 1.82) is 5.26 Å². The van der Waals surface area contributed by atoms with E-state index in [0.29, 0.717) is 10.6 Å². The highest BCUT2D eigenvalue weighted by Gasteiger charge is 2.52. The van der Waals surface area contributed by atoms with Crippen molar-refractivity contribution in [3.8, 4) is 6.07 Å². The number of hydrogen-bond donors (Lipinski definition) is 1. The Balaban J connectivity index is 2.01. The molecule has 0 saturated carbocycles. The maximum Gasteiger partial charge on any atom is 0.246 e. The molecule has 27 heavy (non-hydrogen) atoms. The lowest BCUT2D eigenvalue weighted by Gasteiger charge is -2.26. The molecule has 0 radical (unpaired) electrons. The Morgan fingerprint density at radius 2 is 1.93 bits per heavy atom. The summed E-state index contributed by atoms with van der Waals surface area (Å²) in [5.74, 6) is 0.690. The average Bonchev–Trinajstić information content (AvgIpc) is 3.32. The number of nitrogens with zero attached hydrogens (tertiary/aromatic N) is 2. The number of benzene rings is 1. The zero-order valence-corrected chi connectivity index (χ0v) is 17.2. The molecule has 0 aliphatic carbocycles. The third-order valence-corrected chi connectivity index (χ3v) is 6.90. The van der Waals surface area contributed by atoms with Gasteiger partial charge in [0.05, 0.1) is 16.7 Å². The molecule has 4 nitrogen and oxygen atoms in total. The van der Waals surface area contributed by atoms with E-state index in [0.717, 1.165) is 35.8 Å². The first-order valence-electron chi connectivity index (χ1n) is 9.09. The molecule has 1 N–H and O–H groups in total. The number of hydrogen-bond acceptors (Lipinski definition) is 5. The van der Waals surface area contributed by atoms with Gasteiger partial charge in [-0.05, 0) is 30.1 Å². The molecule has 0 spiro atoms. The van der Waals surface area contributed by atoms with E-state index in [-0.39, 0.29) is 5.91 Å². The maximum atomic E-state index is 13.3. The molecule has 3 rings (SSSR count). The Kier molecular flexibility index (Phi) is 6.38. The highest BCUT2D eigenvalue weighted by molar-refractivity contribution is 8.03. The fourth-order valence-corrected chi connectivity index (χ4v) is 5.45. The number of rotatable bonds is 8. The summed E-state index contributed by atoms with van der Waals surface area (Å²) in [4.78, 5) is 16.5. The SMILES string of the molecule is CCN(CC)CCSC1=C(C#N)C(c2ccccc2)(c2cccs2)C(=O)N1. The van der Waals surface area contributed by atoms with Crippen LogP contribution in [0.3, 0.4) is 0 Å². The van der Waals surface area contributed by atoms with Crippen LogP contribution in [0.2, 0.25) is 0 Å². The van der Waals surface area contributed by atoms with Crippen molar-refractivity contribution >= 4 is 29.0 Å². The van der Waals surface area contributed by atoms with E-state index in [1.54, 1.807) is 11.8 Å². The van der Waals surface area contributed by atoms with Gasteiger partial charge in [0.2, 0.25) is 5.91 Å². The molecule has 1 aliphatic rings. The molecule has 1 unspecified atom stereocenters. The topological polar surface area (TPSA) is 56.1 Å². The fraction of sp³-hybridized carbons (Fsp3) is 0.333. The highest BCUT2D eigenvalue weighted by atomic mass is 32.2. The second kappa shape index (κ2) is 8.75. The first-order valence-corrected chi connectivity index (χ1v) is 11.0. The van der Waals surface area contributed by atoms with Crippen molar-refractivity contribution in [2.75, 3.05) is 25.4 Å². The summed E-state index contributed by atoms with van der Waals surface area (Å²) in [6.45, 7) is 7.20. The molecule has 140 valence electrons. The number of nitriles is 1. The van der Waals surface area contributed by atoms with Crippen LogP contribution in [0.5, 0.6) is 0 Å². The van der Waals surface area contributed by atoms with Crippen molar-refractivity contribution in [1.82, 2.24) is 10.2 Å². The van der Waals surface area contributed by atoms with Crippen LogP contribution in [0, 0.1) is 11.3 Å². The normalized spacial score (nSPS) is 19.4. The van der Waals surface area contributed by atoms with Gasteiger partial charge in [-0.25, -0.2) is 0 Å². The Morgan fingerprint density at radius 3 is 2.52 bits per heavy atom. The van der Waals surface area contributed by atoms with Gasteiger partial charge in [-0.15, -0.1) is 23.1 Å². The summed E-state index contributed by atoms with van der Waals surface area (Å²) in [7, 11) is 0. The maximum absolute atomic E-state index is 13.3. The number of nitrogens with one attached hydrogen (secondary N) is 1. The smallest absolute Gasteiger partial charge is 0.246 e. The van der Waals surface area contributed by atoms with Crippen molar-refractivity contribution in [3.05, 3.63) is 68.9 Å². The molecular formula is C21H23N3OS2. The standard InChI is InChI=1S/C21H23N3OS2/c1-3-24(4-2)12-14-27-19-17(15-22)21(20(25)23-19,18-11-8-13-26-18)16-9-6-5-7-10-16/h5-11,13H,3-4,12,14H2,1-2H3,(H,23,25). The highest BCUT2D eigenvalue weighted by Crippen LogP contribution is 2.47. The Hall–Kier alpha value is -2.07. The quantitative estimate of drug-likeness (QED) is 0.732. The first kappa shape index (κ1) is 19.7. The van der Waals surface area contributed by atoms with Crippen molar-refractivity contribution in [2.24, 2.45) is 0 Å². The molecule has 0 saturated heterocycles. The van der Waals surface area contributed by atoms with Crippen molar-refractivity contribution in [2.45, 2.75) is 19.3 Å². The van der Waals surface area contributed by atoms with Gasteiger partial charge in [0.25, 0.3) is 0 Å². The summed E-state index contributed by atoms with van der Waals surface area (Å²) >= 11 is 3.07. The molecule has 1 atom stereocenters. The van der Waals surface area contributed by atoms with E-state index >= 15 is 0 Å². The molecule has 0 bridgehead atoms. The summed E-state index contributed by atoms with van der Waals surface area (Å²) in [6, 6.07) is 15.8. The molecule has 1 aromatic carbocycles. The van der Waals surface area contributed by atoms with Crippen LogP contribution in [0.1, 0.15) is 24.3 Å². The molecular weight excluding hydrogens is 374 g/mol. The van der Waals surface area contributed by atoms with E-state index in [1.807, 2.05) is 47.8 Å². The number of carbonyl (C=O) groups is 1. The van der Waals surface area contributed by atoms with Crippen LogP contribution >= 0.6 is 23.1 Å². The third-order valence-electron chi connectivity index (χ3n) is 4.93. The Bertz CT molecular complexity index is 851. The Morgan fingerprint density at radius 1 is 1.19 bits per heavy atom. The first-order chi connectivity index (χ1) is 13.2. The lowest BCUT2D eigenvalue weighted by atomic mass is 9.74. The predicted molar refractivity (Wildman–Crippen MR) is 113 cm³/mol. The fourth-order valence-electron chi connectivity index (χ4n) is 3.44. The van der Waals surface area contributed by atoms with Crippen LogP contribution in [0.4, 0.5) is 0 Å². The van der Waals surface area contributed by atoms with Crippen LogP contribution in [-0.4, -0.2) is 36.2 Å². The van der Waals surface area contributed by atoms with Gasteiger partial charge in [-0.2, -0.15) is 5.26 Å². The predicted octanol–water partition coefficient (Wildman–Crippen LogP) is 3.97. The van der Waals surface area contributed by atoms with Crippen LogP contribution in [-0.2, 0) is 10.2 Å². The van der Waals surface area contributed by atoms with Gasteiger partial charge < -0.3 is 10.2 Å². The second-order valence-electron chi connectivity index (χ2n) is 6.24. The lowest BCUT2D eigenvalue weighted by Crippen LogP contribution is -2.39. The van der Waals surface area contributed by atoms with Gasteiger partial charge in [0.1, 0.15) is 5.41 Å². The van der Waals surface area contributed by atoms with E-state index in [9.17, 15) is 10.1 Å². The number of amides is 1. The lowest BCUT2D eigenvalue weighted by molar-refractivity contribution is -0.122. The van der Waals surface area contributed by atoms with E-state index in [2.05, 4.69) is 30.1 Å². The van der Waals surface area contributed by atoms with Crippen LogP contribution < -0.4 is 5.32 Å². The second-order valence-corrected chi connectivity index (χ2v) is 8.29. The molecule has 6 heteroatoms. The minimum Gasteiger partial charge on any atom is -0.318 e. The van der Waals surface area contributed by atoms with Crippen LogP contribution in [0.15, 0.2) is 58.4 Å². The number of thiophene rings is 1. The third kappa shape index (κ3) is 3.55. The molecule has 1 aliphatic heterocycles. The van der Waals surface area contributed by atoms with Gasteiger partial charge in [-0.1, -0.05) is 50.2 Å². The van der Waals surface area contributed by atoms with Gasteiger partial charge in [0.15, 0.2) is 0 Å². The average molecular weight is 398 g/mol. The number of thioether (sulfide) groups is 1. The largest absolute Gasteiger partial charge is 0.318 e. The summed E-state index contributed by atoms with van der Waals surface area (Å²) in [5.41, 5.74) is 0.286. The van der Waals surface area contributed by atoms with Gasteiger partial charge >= 0.3 is 0 Å². The summed E-state index contributed by atoms with van der Waals surface area (Å²) in [5, 5.41) is 15.7. The van der Waals surface area contributed by atoms with E-state index < -0.39 is 5.41 Å². The molecule has 1 aromatic heterocycles. The van der Waals surface area contributed by atoms with Crippen molar-refractivity contribution < 1.29 is 4.79 Å². The molecule has 1 amide bonds. The minimum atomic E-state index is -1.05. The van der Waals surface area contributed by atoms with Gasteiger partial charge in [-0.3, -0.25) is 4.79 Å². The minimum absolute atomic E-state index is 0.141. The van der Waals surface area contributed by atoms with Gasteiger partial charge in [0, 0.05) is 17.2 Å². The molecule has 2 heterocycles. The summed E-state index contributed by atoms with van der Waals surface area (Å²) < 4.78 is 0.